The Hall–Kier alpha value is -2.41. The van der Waals surface area contributed by atoms with Crippen LogP contribution >= 0.6 is 11.3 Å². The van der Waals surface area contributed by atoms with Crippen LogP contribution in [0.4, 0.5) is 4.79 Å². The van der Waals surface area contributed by atoms with Crippen LogP contribution < -0.4 is 5.32 Å². The van der Waals surface area contributed by atoms with E-state index in [4.69, 9.17) is 4.74 Å². The Morgan fingerprint density at radius 1 is 1.41 bits per heavy atom. The molecule has 114 valence electrons. The molecule has 6 nitrogen and oxygen atoms in total. The Morgan fingerprint density at radius 3 is 3.05 bits per heavy atom. The average Bonchev–Trinajstić information content (AvgIpc) is 3.17. The molecule has 1 saturated heterocycles. The summed E-state index contributed by atoms with van der Waals surface area (Å²) in [7, 11) is 0. The molecule has 0 spiro atoms. The minimum absolute atomic E-state index is 0.0816. The summed E-state index contributed by atoms with van der Waals surface area (Å²) >= 11 is 1.54. The van der Waals surface area contributed by atoms with Gasteiger partial charge in [0, 0.05) is 11.1 Å². The van der Waals surface area contributed by atoms with Crippen molar-refractivity contribution in [3.05, 3.63) is 52.5 Å². The van der Waals surface area contributed by atoms with E-state index in [1.54, 1.807) is 17.5 Å². The molecule has 0 saturated carbocycles. The molecule has 1 atom stereocenters. The number of carbonyl (C=O) groups is 2. The van der Waals surface area contributed by atoms with Gasteiger partial charge in [0.15, 0.2) is 0 Å². The van der Waals surface area contributed by atoms with Gasteiger partial charge in [-0.3, -0.25) is 14.7 Å². The van der Waals surface area contributed by atoms with Crippen molar-refractivity contribution in [3.8, 4) is 0 Å². The van der Waals surface area contributed by atoms with E-state index in [-0.39, 0.29) is 12.5 Å². The molecular weight excluding hydrogens is 302 g/mol. The van der Waals surface area contributed by atoms with Crippen LogP contribution in [0.1, 0.15) is 10.6 Å². The van der Waals surface area contributed by atoms with E-state index in [9.17, 15) is 9.59 Å². The van der Waals surface area contributed by atoms with Crippen LogP contribution in [0, 0.1) is 0 Å². The molecule has 3 rings (SSSR count). The summed E-state index contributed by atoms with van der Waals surface area (Å²) in [6.45, 7) is 0.799. The van der Waals surface area contributed by atoms with Gasteiger partial charge in [0.1, 0.15) is 12.6 Å². The van der Waals surface area contributed by atoms with E-state index < -0.39 is 12.1 Å². The first-order valence-corrected chi connectivity index (χ1v) is 7.75. The number of ether oxygens (including phenoxy) is 1. The van der Waals surface area contributed by atoms with E-state index in [0.29, 0.717) is 13.1 Å². The summed E-state index contributed by atoms with van der Waals surface area (Å²) in [5.41, 5.74) is 0.769. The second-order valence-electron chi connectivity index (χ2n) is 4.84. The van der Waals surface area contributed by atoms with Crippen molar-refractivity contribution in [3.63, 3.8) is 0 Å². The van der Waals surface area contributed by atoms with Crippen LogP contribution in [0.3, 0.4) is 0 Å². The molecule has 0 aliphatic carbocycles. The number of nitrogens with one attached hydrogen (secondary N) is 1. The SMILES string of the molecule is O=C(NCc1ccccn1)[C@@H]1COC(=O)N1Cc1cccs1. The van der Waals surface area contributed by atoms with Crippen LogP contribution in [-0.2, 0) is 22.6 Å². The Bertz CT molecular complexity index is 645. The molecule has 1 aliphatic rings. The highest BCUT2D eigenvalue weighted by Crippen LogP contribution is 2.19. The molecule has 0 aromatic carbocycles. The van der Waals surface area contributed by atoms with E-state index in [2.05, 4.69) is 10.3 Å². The number of hydrogen-bond acceptors (Lipinski definition) is 5. The van der Waals surface area contributed by atoms with Crippen molar-refractivity contribution in [2.75, 3.05) is 6.61 Å². The third kappa shape index (κ3) is 3.25. The zero-order valence-electron chi connectivity index (χ0n) is 11.8. The predicted molar refractivity (Wildman–Crippen MR) is 81.1 cm³/mol. The molecule has 0 radical (unpaired) electrons. The number of nitrogens with zero attached hydrogens (tertiary/aromatic N) is 2. The third-order valence-corrected chi connectivity index (χ3v) is 4.22. The van der Waals surface area contributed by atoms with Crippen molar-refractivity contribution < 1.29 is 14.3 Å². The van der Waals surface area contributed by atoms with Crippen molar-refractivity contribution >= 4 is 23.3 Å². The van der Waals surface area contributed by atoms with Crippen molar-refractivity contribution in [1.29, 1.82) is 0 Å². The topological polar surface area (TPSA) is 71.5 Å². The van der Waals surface area contributed by atoms with Gasteiger partial charge in [0.25, 0.3) is 0 Å². The van der Waals surface area contributed by atoms with Gasteiger partial charge in [0.2, 0.25) is 5.91 Å². The first-order valence-electron chi connectivity index (χ1n) is 6.87. The molecule has 1 N–H and O–H groups in total. The number of pyridine rings is 1. The number of rotatable bonds is 5. The van der Waals surface area contributed by atoms with Crippen LogP contribution in [-0.4, -0.2) is 34.5 Å². The molecule has 2 amide bonds. The molecule has 22 heavy (non-hydrogen) atoms. The Morgan fingerprint density at radius 2 is 2.32 bits per heavy atom. The molecule has 7 heteroatoms. The number of cyclic esters (lactones) is 1. The summed E-state index contributed by atoms with van der Waals surface area (Å²) in [4.78, 5) is 30.7. The van der Waals surface area contributed by atoms with Crippen LogP contribution in [0.25, 0.3) is 0 Å². The minimum atomic E-state index is -0.599. The second-order valence-corrected chi connectivity index (χ2v) is 5.87. The fourth-order valence-corrected chi connectivity index (χ4v) is 2.91. The normalized spacial score (nSPS) is 17.4. The zero-order chi connectivity index (χ0) is 15.4. The summed E-state index contributed by atoms with van der Waals surface area (Å²) in [6, 6.07) is 8.76. The monoisotopic (exact) mass is 317 g/mol. The number of carbonyl (C=O) groups excluding carboxylic acids is 2. The summed E-state index contributed by atoms with van der Waals surface area (Å²) < 4.78 is 5.02. The maximum Gasteiger partial charge on any atom is 0.410 e. The molecule has 2 aromatic heterocycles. The van der Waals surface area contributed by atoms with E-state index in [1.165, 1.54) is 4.90 Å². The fourth-order valence-electron chi connectivity index (χ4n) is 2.21. The van der Waals surface area contributed by atoms with Crippen molar-refractivity contribution in [2.24, 2.45) is 0 Å². The molecule has 2 aromatic rings. The van der Waals surface area contributed by atoms with Gasteiger partial charge in [-0.2, -0.15) is 0 Å². The second kappa shape index (κ2) is 6.57. The molecule has 0 unspecified atom stereocenters. The molecular formula is C15H15N3O3S. The smallest absolute Gasteiger partial charge is 0.410 e. The van der Waals surface area contributed by atoms with E-state index in [0.717, 1.165) is 10.6 Å². The average molecular weight is 317 g/mol. The highest BCUT2D eigenvalue weighted by atomic mass is 32.1. The lowest BCUT2D eigenvalue weighted by Gasteiger charge is -2.20. The van der Waals surface area contributed by atoms with Crippen LogP contribution in [0.2, 0.25) is 0 Å². The van der Waals surface area contributed by atoms with Crippen LogP contribution in [0.15, 0.2) is 41.9 Å². The minimum Gasteiger partial charge on any atom is -0.447 e. The van der Waals surface area contributed by atoms with Crippen molar-refractivity contribution in [1.82, 2.24) is 15.2 Å². The van der Waals surface area contributed by atoms with Gasteiger partial charge in [-0.05, 0) is 23.6 Å². The standard InChI is InChI=1S/C15H15N3O3S/c19-14(17-8-11-4-1-2-6-16-11)13-10-21-15(20)18(13)9-12-5-3-7-22-12/h1-7,13H,8-10H2,(H,17,19)/t13-/m0/s1. The maximum atomic E-state index is 12.3. The van der Waals surface area contributed by atoms with Gasteiger partial charge in [-0.25, -0.2) is 4.79 Å². The zero-order valence-corrected chi connectivity index (χ0v) is 12.6. The Balaban J connectivity index is 1.61. The predicted octanol–water partition coefficient (Wildman–Crippen LogP) is 1.78. The summed E-state index contributed by atoms with van der Waals surface area (Å²) in [6.07, 6.45) is 1.22. The van der Waals surface area contributed by atoms with Gasteiger partial charge in [-0.15, -0.1) is 11.3 Å². The lowest BCUT2D eigenvalue weighted by Crippen LogP contribution is -2.45. The fraction of sp³-hybridized carbons (Fsp3) is 0.267. The lowest BCUT2D eigenvalue weighted by molar-refractivity contribution is -0.125. The summed E-state index contributed by atoms with van der Waals surface area (Å²) in [5, 5.41) is 4.74. The van der Waals surface area contributed by atoms with E-state index in [1.807, 2.05) is 35.7 Å². The third-order valence-electron chi connectivity index (χ3n) is 3.35. The maximum absolute atomic E-state index is 12.3. The highest BCUT2D eigenvalue weighted by Gasteiger charge is 2.38. The van der Waals surface area contributed by atoms with Crippen LogP contribution in [0.5, 0.6) is 0 Å². The van der Waals surface area contributed by atoms with Gasteiger partial charge < -0.3 is 10.1 Å². The molecule has 1 aliphatic heterocycles. The molecule has 1 fully saturated rings. The van der Waals surface area contributed by atoms with Gasteiger partial charge >= 0.3 is 6.09 Å². The molecule has 0 bridgehead atoms. The number of hydrogen-bond donors (Lipinski definition) is 1. The summed E-state index contributed by atoms with van der Waals surface area (Å²) in [5.74, 6) is -0.229. The quantitative estimate of drug-likeness (QED) is 0.912. The molecule has 3 heterocycles. The van der Waals surface area contributed by atoms with Crippen molar-refractivity contribution in [2.45, 2.75) is 19.1 Å². The Labute approximate surface area is 131 Å². The first kappa shape index (κ1) is 14.5. The highest BCUT2D eigenvalue weighted by molar-refractivity contribution is 7.09. The van der Waals surface area contributed by atoms with E-state index >= 15 is 0 Å². The largest absolute Gasteiger partial charge is 0.447 e. The van der Waals surface area contributed by atoms with Gasteiger partial charge in [0.05, 0.1) is 18.8 Å². The number of aromatic nitrogens is 1. The first-order chi connectivity index (χ1) is 10.7. The van der Waals surface area contributed by atoms with Gasteiger partial charge in [-0.1, -0.05) is 12.1 Å². The number of thiophene rings is 1. The number of amides is 2. The Kier molecular flexibility index (Phi) is 4.34. The lowest BCUT2D eigenvalue weighted by atomic mass is 10.2.